The molecule has 0 aliphatic carbocycles. The van der Waals surface area contributed by atoms with Crippen molar-refractivity contribution in [1.29, 1.82) is 0 Å². The average molecular weight is 480 g/mol. The lowest BCUT2D eigenvalue weighted by Gasteiger charge is -2.13. The molecule has 1 unspecified atom stereocenters. The van der Waals surface area contributed by atoms with Crippen LogP contribution >= 0.6 is 22.9 Å². The van der Waals surface area contributed by atoms with Gasteiger partial charge in [-0.15, -0.1) is 11.3 Å². The van der Waals surface area contributed by atoms with Crippen molar-refractivity contribution >= 4 is 28.8 Å². The van der Waals surface area contributed by atoms with Crippen molar-refractivity contribution in [3.63, 3.8) is 0 Å². The van der Waals surface area contributed by atoms with Crippen LogP contribution in [0.1, 0.15) is 36.3 Å². The molecule has 0 aliphatic heterocycles. The van der Waals surface area contributed by atoms with Crippen LogP contribution in [-0.4, -0.2) is 28.6 Å². The Bertz CT molecular complexity index is 1280. The van der Waals surface area contributed by atoms with E-state index in [0.717, 1.165) is 45.5 Å². The van der Waals surface area contributed by atoms with Gasteiger partial charge in [0.2, 0.25) is 0 Å². The maximum atomic E-state index is 13.1. The van der Waals surface area contributed by atoms with Gasteiger partial charge in [0, 0.05) is 28.4 Å². The Kier molecular flexibility index (Phi) is 6.86. The summed E-state index contributed by atoms with van der Waals surface area (Å²) < 4.78 is 7.38. The standard InChI is InChI=1S/C26H26ClN3O2S/c1-5-16(2)28-25(31)21-14-24(30(17(21)3)18-10-12-19(32-4)13-11-18)23-15-33-26(29-23)20-8-6-7-9-22(20)27/h6-16H,5H2,1-4H3,(H,28,31). The number of carbonyl (C=O) groups is 1. The summed E-state index contributed by atoms with van der Waals surface area (Å²) in [6, 6.07) is 17.5. The molecule has 2 aromatic carbocycles. The van der Waals surface area contributed by atoms with Crippen LogP contribution in [0.3, 0.4) is 0 Å². The highest BCUT2D eigenvalue weighted by Gasteiger charge is 2.22. The number of ether oxygens (including phenoxy) is 1. The minimum Gasteiger partial charge on any atom is -0.497 e. The van der Waals surface area contributed by atoms with Gasteiger partial charge in [0.15, 0.2) is 0 Å². The van der Waals surface area contributed by atoms with E-state index in [1.54, 1.807) is 7.11 Å². The van der Waals surface area contributed by atoms with Gasteiger partial charge in [-0.2, -0.15) is 0 Å². The summed E-state index contributed by atoms with van der Waals surface area (Å²) >= 11 is 7.93. The van der Waals surface area contributed by atoms with Gasteiger partial charge in [-0.1, -0.05) is 36.7 Å². The molecular weight excluding hydrogens is 454 g/mol. The highest BCUT2D eigenvalue weighted by atomic mass is 35.5. The number of carbonyl (C=O) groups excluding carboxylic acids is 1. The molecule has 1 amide bonds. The van der Waals surface area contributed by atoms with Crippen molar-refractivity contribution in [1.82, 2.24) is 14.9 Å². The molecule has 0 bridgehead atoms. The Hall–Kier alpha value is -3.09. The van der Waals surface area contributed by atoms with E-state index in [1.165, 1.54) is 11.3 Å². The molecule has 170 valence electrons. The number of nitrogens with one attached hydrogen (secondary N) is 1. The average Bonchev–Trinajstić information content (AvgIpc) is 3.44. The smallest absolute Gasteiger partial charge is 0.253 e. The van der Waals surface area contributed by atoms with Gasteiger partial charge in [-0.25, -0.2) is 4.98 Å². The lowest BCUT2D eigenvalue weighted by Crippen LogP contribution is -2.32. The van der Waals surface area contributed by atoms with Crippen LogP contribution < -0.4 is 10.1 Å². The Labute approximate surface area is 203 Å². The molecule has 4 aromatic rings. The third-order valence-corrected chi connectivity index (χ3v) is 6.89. The summed E-state index contributed by atoms with van der Waals surface area (Å²) in [5.41, 5.74) is 4.94. The highest BCUT2D eigenvalue weighted by molar-refractivity contribution is 7.13. The molecule has 0 radical (unpaired) electrons. The fraction of sp³-hybridized carbons (Fsp3) is 0.231. The normalized spacial score (nSPS) is 11.9. The minimum absolute atomic E-state index is 0.0862. The van der Waals surface area contributed by atoms with Crippen LogP contribution in [0.15, 0.2) is 60.0 Å². The fourth-order valence-electron chi connectivity index (χ4n) is 3.64. The van der Waals surface area contributed by atoms with Crippen molar-refractivity contribution in [2.24, 2.45) is 0 Å². The highest BCUT2D eigenvalue weighted by Crippen LogP contribution is 2.36. The van der Waals surface area contributed by atoms with Gasteiger partial charge in [-0.3, -0.25) is 4.79 Å². The van der Waals surface area contributed by atoms with Crippen molar-refractivity contribution in [2.75, 3.05) is 7.11 Å². The predicted octanol–water partition coefficient (Wildman–Crippen LogP) is 6.77. The van der Waals surface area contributed by atoms with Gasteiger partial charge in [0.25, 0.3) is 5.91 Å². The number of hydrogen-bond acceptors (Lipinski definition) is 4. The van der Waals surface area contributed by atoms with Crippen LogP contribution in [0.25, 0.3) is 27.6 Å². The quantitative estimate of drug-likeness (QED) is 0.318. The van der Waals surface area contributed by atoms with E-state index in [4.69, 9.17) is 21.3 Å². The number of hydrogen-bond donors (Lipinski definition) is 1. The van der Waals surface area contributed by atoms with Gasteiger partial charge < -0.3 is 14.6 Å². The number of aromatic nitrogens is 2. The SMILES string of the molecule is CCC(C)NC(=O)c1cc(-c2csc(-c3ccccc3Cl)n2)n(-c2ccc(OC)cc2)c1C. The third kappa shape index (κ3) is 4.68. The van der Waals surface area contributed by atoms with Gasteiger partial charge >= 0.3 is 0 Å². The molecular formula is C26H26ClN3O2S. The molecule has 0 saturated carbocycles. The van der Waals surface area contributed by atoms with Gasteiger partial charge in [0.1, 0.15) is 10.8 Å². The first-order chi connectivity index (χ1) is 15.9. The largest absolute Gasteiger partial charge is 0.497 e. The second-order valence-corrected chi connectivity index (χ2v) is 9.13. The molecule has 2 heterocycles. The second kappa shape index (κ2) is 9.81. The third-order valence-electron chi connectivity index (χ3n) is 5.68. The summed E-state index contributed by atoms with van der Waals surface area (Å²) in [5.74, 6) is 0.687. The zero-order valence-electron chi connectivity index (χ0n) is 19.1. The summed E-state index contributed by atoms with van der Waals surface area (Å²) in [7, 11) is 1.64. The number of thiazole rings is 1. The molecule has 5 nitrogen and oxygen atoms in total. The van der Waals surface area contributed by atoms with E-state index in [2.05, 4.69) is 16.8 Å². The molecule has 2 aromatic heterocycles. The van der Waals surface area contributed by atoms with Crippen LogP contribution in [-0.2, 0) is 0 Å². The van der Waals surface area contributed by atoms with E-state index >= 15 is 0 Å². The van der Waals surface area contributed by atoms with Gasteiger partial charge in [0.05, 0.1) is 29.1 Å². The van der Waals surface area contributed by atoms with Crippen molar-refractivity contribution < 1.29 is 9.53 Å². The van der Waals surface area contributed by atoms with E-state index in [-0.39, 0.29) is 11.9 Å². The Morgan fingerprint density at radius 3 is 2.61 bits per heavy atom. The summed E-state index contributed by atoms with van der Waals surface area (Å²) in [5, 5.41) is 6.58. The predicted molar refractivity (Wildman–Crippen MR) is 136 cm³/mol. The van der Waals surface area contributed by atoms with E-state index in [1.807, 2.05) is 73.8 Å². The zero-order valence-corrected chi connectivity index (χ0v) is 20.6. The molecule has 1 atom stereocenters. The molecule has 0 aliphatic rings. The Morgan fingerprint density at radius 1 is 1.21 bits per heavy atom. The second-order valence-electron chi connectivity index (χ2n) is 7.86. The van der Waals surface area contributed by atoms with Crippen LogP contribution in [0.5, 0.6) is 5.75 Å². The molecule has 1 N–H and O–H groups in total. The molecule has 4 rings (SSSR count). The Balaban J connectivity index is 1.83. The van der Waals surface area contributed by atoms with Gasteiger partial charge in [-0.05, 0) is 56.7 Å². The van der Waals surface area contributed by atoms with Crippen LogP contribution in [0, 0.1) is 6.92 Å². The number of nitrogens with zero attached hydrogens (tertiary/aromatic N) is 2. The van der Waals surface area contributed by atoms with Crippen molar-refractivity contribution in [2.45, 2.75) is 33.2 Å². The van der Waals surface area contributed by atoms with Crippen molar-refractivity contribution in [3.05, 3.63) is 76.3 Å². The first-order valence-corrected chi connectivity index (χ1v) is 12.1. The lowest BCUT2D eigenvalue weighted by atomic mass is 10.2. The monoisotopic (exact) mass is 479 g/mol. The zero-order chi connectivity index (χ0) is 23.5. The lowest BCUT2D eigenvalue weighted by molar-refractivity contribution is 0.0938. The maximum absolute atomic E-state index is 13.1. The first kappa shape index (κ1) is 23.1. The van der Waals surface area contributed by atoms with Crippen molar-refractivity contribution in [3.8, 4) is 33.4 Å². The number of amides is 1. The Morgan fingerprint density at radius 2 is 1.94 bits per heavy atom. The van der Waals surface area contributed by atoms with E-state index < -0.39 is 0 Å². The molecule has 33 heavy (non-hydrogen) atoms. The molecule has 0 saturated heterocycles. The molecule has 0 fully saturated rings. The number of methoxy groups -OCH3 is 1. The summed E-state index contributed by atoms with van der Waals surface area (Å²) in [6.45, 7) is 6.02. The summed E-state index contributed by atoms with van der Waals surface area (Å²) in [6.07, 6.45) is 0.865. The molecule has 7 heteroatoms. The van der Waals surface area contributed by atoms with Crippen LogP contribution in [0.4, 0.5) is 0 Å². The topological polar surface area (TPSA) is 56.2 Å². The van der Waals surface area contributed by atoms with E-state index in [9.17, 15) is 4.79 Å². The maximum Gasteiger partial charge on any atom is 0.253 e. The summed E-state index contributed by atoms with van der Waals surface area (Å²) in [4.78, 5) is 17.9. The number of halogens is 1. The number of benzene rings is 2. The minimum atomic E-state index is -0.0862. The van der Waals surface area contributed by atoms with E-state index in [0.29, 0.717) is 10.6 Å². The number of rotatable bonds is 7. The first-order valence-electron chi connectivity index (χ1n) is 10.8. The van der Waals surface area contributed by atoms with Crippen LogP contribution in [0.2, 0.25) is 5.02 Å². The fourth-order valence-corrected chi connectivity index (χ4v) is 4.78. The molecule has 0 spiro atoms.